The van der Waals surface area contributed by atoms with E-state index in [0.717, 1.165) is 42.3 Å². The molecule has 1 aromatic heterocycles. The first-order chi connectivity index (χ1) is 13.5. The highest BCUT2D eigenvalue weighted by Gasteiger charge is 2.27. The van der Waals surface area contributed by atoms with Crippen molar-refractivity contribution in [2.24, 2.45) is 0 Å². The Morgan fingerprint density at radius 1 is 1.25 bits per heavy atom. The molecule has 1 aliphatic heterocycles. The maximum absolute atomic E-state index is 13.5. The SMILES string of the molecule is O=C(c1ccc(F)c([N+](=O)[O-])c1)N1CC[NH+](Cc2nc3ccccc3s2)CC1. The Morgan fingerprint density at radius 2 is 2.00 bits per heavy atom. The van der Waals surface area contributed by atoms with Gasteiger partial charge in [0.25, 0.3) is 5.91 Å². The second-order valence-corrected chi connectivity index (χ2v) is 7.83. The molecular formula is C19H18FN4O3S+. The van der Waals surface area contributed by atoms with Crippen molar-refractivity contribution in [1.82, 2.24) is 9.88 Å². The Labute approximate surface area is 164 Å². The number of hydrogen-bond acceptors (Lipinski definition) is 5. The molecule has 4 rings (SSSR count). The standard InChI is InChI=1S/C19H17FN4O3S/c20-14-6-5-13(11-16(14)24(26)27)19(25)23-9-7-22(8-10-23)12-18-21-15-3-1-2-4-17(15)28-18/h1-6,11H,7-10,12H2/p+1. The predicted octanol–water partition coefficient (Wildman–Crippen LogP) is 1.88. The van der Waals surface area contributed by atoms with E-state index in [4.69, 9.17) is 0 Å². The molecule has 1 N–H and O–H groups in total. The van der Waals surface area contributed by atoms with Gasteiger partial charge in [-0.15, -0.1) is 11.3 Å². The van der Waals surface area contributed by atoms with Crippen molar-refractivity contribution in [1.29, 1.82) is 0 Å². The van der Waals surface area contributed by atoms with Crippen molar-refractivity contribution in [3.05, 3.63) is 69.0 Å². The first kappa shape index (κ1) is 18.5. The van der Waals surface area contributed by atoms with Crippen molar-refractivity contribution < 1.29 is 19.0 Å². The smallest absolute Gasteiger partial charge is 0.305 e. The molecule has 1 saturated heterocycles. The van der Waals surface area contributed by atoms with Crippen LogP contribution in [0.3, 0.4) is 0 Å². The second-order valence-electron chi connectivity index (χ2n) is 6.72. The van der Waals surface area contributed by atoms with Gasteiger partial charge in [0.1, 0.15) is 11.6 Å². The summed E-state index contributed by atoms with van der Waals surface area (Å²) >= 11 is 1.69. The van der Waals surface area contributed by atoms with E-state index in [1.807, 2.05) is 18.2 Å². The molecule has 0 spiro atoms. The third-order valence-corrected chi connectivity index (χ3v) is 5.92. The van der Waals surface area contributed by atoms with Crippen molar-refractivity contribution in [2.45, 2.75) is 6.54 Å². The van der Waals surface area contributed by atoms with Gasteiger partial charge in [0.05, 0.1) is 41.3 Å². The molecule has 0 bridgehead atoms. The van der Waals surface area contributed by atoms with Crippen LogP contribution in [0.25, 0.3) is 10.2 Å². The van der Waals surface area contributed by atoms with Crippen LogP contribution in [0.5, 0.6) is 0 Å². The van der Waals surface area contributed by atoms with Gasteiger partial charge in [-0.05, 0) is 24.3 Å². The predicted molar refractivity (Wildman–Crippen MR) is 103 cm³/mol. The molecule has 0 radical (unpaired) electrons. The number of halogens is 1. The van der Waals surface area contributed by atoms with Gasteiger partial charge in [-0.1, -0.05) is 12.1 Å². The summed E-state index contributed by atoms with van der Waals surface area (Å²) in [6.45, 7) is 3.44. The number of nitrogens with zero attached hydrogens (tertiary/aromatic N) is 3. The average molecular weight is 401 g/mol. The number of rotatable bonds is 4. The first-order valence-corrected chi connectivity index (χ1v) is 9.74. The number of nitro groups is 1. The highest BCUT2D eigenvalue weighted by molar-refractivity contribution is 7.18. The second kappa shape index (κ2) is 7.61. The number of carbonyl (C=O) groups excluding carboxylic acids is 1. The van der Waals surface area contributed by atoms with Crippen molar-refractivity contribution in [3.8, 4) is 0 Å². The number of carbonyl (C=O) groups is 1. The lowest BCUT2D eigenvalue weighted by Gasteiger charge is -2.31. The van der Waals surface area contributed by atoms with E-state index >= 15 is 0 Å². The van der Waals surface area contributed by atoms with Crippen LogP contribution in [0.15, 0.2) is 42.5 Å². The number of benzene rings is 2. The van der Waals surface area contributed by atoms with Crippen molar-refractivity contribution >= 4 is 33.1 Å². The Morgan fingerprint density at radius 3 is 2.71 bits per heavy atom. The third-order valence-electron chi connectivity index (χ3n) is 4.89. The van der Waals surface area contributed by atoms with Crippen LogP contribution in [-0.4, -0.2) is 46.9 Å². The molecule has 2 heterocycles. The van der Waals surface area contributed by atoms with E-state index in [1.54, 1.807) is 16.2 Å². The quantitative estimate of drug-likeness (QED) is 0.535. The van der Waals surface area contributed by atoms with Gasteiger partial charge in [0.15, 0.2) is 0 Å². The highest BCUT2D eigenvalue weighted by Crippen LogP contribution is 2.21. The van der Waals surface area contributed by atoms with Crippen LogP contribution in [0.4, 0.5) is 10.1 Å². The van der Waals surface area contributed by atoms with Gasteiger partial charge in [-0.3, -0.25) is 14.9 Å². The van der Waals surface area contributed by atoms with Gasteiger partial charge in [0.2, 0.25) is 5.82 Å². The van der Waals surface area contributed by atoms with Gasteiger partial charge in [0, 0.05) is 11.6 Å². The number of piperazine rings is 1. The minimum absolute atomic E-state index is 0.141. The molecule has 2 aromatic carbocycles. The fraction of sp³-hybridized carbons (Fsp3) is 0.263. The lowest BCUT2D eigenvalue weighted by Crippen LogP contribution is -3.13. The van der Waals surface area contributed by atoms with Crippen molar-refractivity contribution in [3.63, 3.8) is 0 Å². The number of aromatic nitrogens is 1. The zero-order chi connectivity index (χ0) is 19.7. The fourth-order valence-corrected chi connectivity index (χ4v) is 4.42. The number of thiazole rings is 1. The summed E-state index contributed by atoms with van der Waals surface area (Å²) in [5.41, 5.74) is 0.474. The van der Waals surface area contributed by atoms with Crippen LogP contribution < -0.4 is 4.90 Å². The van der Waals surface area contributed by atoms with Crippen LogP contribution >= 0.6 is 11.3 Å². The summed E-state index contributed by atoms with van der Waals surface area (Å²) in [5.74, 6) is -1.24. The summed E-state index contributed by atoms with van der Waals surface area (Å²) in [6.07, 6.45) is 0. The topological polar surface area (TPSA) is 80.8 Å². The van der Waals surface area contributed by atoms with Crippen LogP contribution in [0, 0.1) is 15.9 Å². The average Bonchev–Trinajstić information content (AvgIpc) is 3.10. The van der Waals surface area contributed by atoms with E-state index < -0.39 is 16.4 Å². The molecule has 0 unspecified atom stereocenters. The molecule has 0 atom stereocenters. The summed E-state index contributed by atoms with van der Waals surface area (Å²) in [4.78, 5) is 30.4. The Bertz CT molecular complexity index is 1010. The Balaban J connectivity index is 1.39. The number of nitro benzene ring substituents is 1. The number of amides is 1. The third kappa shape index (κ3) is 3.71. The minimum atomic E-state index is -0.938. The molecule has 3 aromatic rings. The number of hydrogen-bond donors (Lipinski definition) is 1. The van der Waals surface area contributed by atoms with E-state index in [-0.39, 0.29) is 11.5 Å². The Kier molecular flexibility index (Phi) is 5.01. The van der Waals surface area contributed by atoms with Gasteiger partial charge in [-0.2, -0.15) is 4.39 Å². The highest BCUT2D eigenvalue weighted by atomic mass is 32.1. The summed E-state index contributed by atoms with van der Waals surface area (Å²) < 4.78 is 14.7. The summed E-state index contributed by atoms with van der Waals surface area (Å²) in [7, 11) is 0. The molecule has 0 saturated carbocycles. The first-order valence-electron chi connectivity index (χ1n) is 8.92. The lowest BCUT2D eigenvalue weighted by atomic mass is 10.1. The number of nitrogens with one attached hydrogen (secondary N) is 1. The fourth-order valence-electron chi connectivity index (χ4n) is 3.38. The number of para-hydroxylation sites is 1. The monoisotopic (exact) mass is 401 g/mol. The zero-order valence-corrected chi connectivity index (χ0v) is 15.7. The molecule has 28 heavy (non-hydrogen) atoms. The molecular weight excluding hydrogens is 383 g/mol. The maximum Gasteiger partial charge on any atom is 0.305 e. The van der Waals surface area contributed by atoms with E-state index in [2.05, 4.69) is 11.1 Å². The molecule has 144 valence electrons. The largest absolute Gasteiger partial charge is 0.327 e. The number of quaternary nitrogens is 1. The van der Waals surface area contributed by atoms with Crippen LogP contribution in [-0.2, 0) is 6.54 Å². The van der Waals surface area contributed by atoms with Crippen LogP contribution in [0.1, 0.15) is 15.4 Å². The van der Waals surface area contributed by atoms with E-state index in [9.17, 15) is 19.3 Å². The molecule has 7 nitrogen and oxygen atoms in total. The van der Waals surface area contributed by atoms with Crippen molar-refractivity contribution in [2.75, 3.05) is 26.2 Å². The maximum atomic E-state index is 13.5. The molecule has 1 aliphatic rings. The molecule has 1 fully saturated rings. The van der Waals surface area contributed by atoms with Crippen LogP contribution in [0.2, 0.25) is 0 Å². The van der Waals surface area contributed by atoms with Gasteiger partial charge in [-0.25, -0.2) is 4.98 Å². The molecule has 0 aliphatic carbocycles. The summed E-state index contributed by atoms with van der Waals surface area (Å²) in [6, 6.07) is 11.3. The van der Waals surface area contributed by atoms with E-state index in [0.29, 0.717) is 13.1 Å². The minimum Gasteiger partial charge on any atom is -0.327 e. The zero-order valence-electron chi connectivity index (χ0n) is 14.9. The van der Waals surface area contributed by atoms with Gasteiger partial charge < -0.3 is 9.80 Å². The lowest BCUT2D eigenvalue weighted by molar-refractivity contribution is -0.917. The molecule has 1 amide bonds. The van der Waals surface area contributed by atoms with Gasteiger partial charge >= 0.3 is 5.69 Å². The molecule has 9 heteroatoms. The number of fused-ring (bicyclic) bond motifs is 1. The van der Waals surface area contributed by atoms with E-state index in [1.165, 1.54) is 15.7 Å². The Hall–Kier alpha value is -2.91. The normalized spacial score (nSPS) is 15.1. The summed E-state index contributed by atoms with van der Waals surface area (Å²) in [5, 5.41) is 12.0.